The Kier molecular flexibility index (Phi) is 5.56. The highest BCUT2D eigenvalue weighted by Gasteiger charge is 2.19. The molecular formula is C14H17BrO5. The van der Waals surface area contributed by atoms with Crippen LogP contribution in [0.15, 0.2) is 22.7 Å². The van der Waals surface area contributed by atoms with E-state index in [0.717, 1.165) is 0 Å². The Labute approximate surface area is 126 Å². The first-order valence-corrected chi connectivity index (χ1v) is 6.82. The number of carboxylic acid groups (broad SMARTS) is 1. The first kappa shape index (κ1) is 16.5. The Balaban J connectivity index is 2.87. The van der Waals surface area contributed by atoms with Crippen molar-refractivity contribution in [3.8, 4) is 5.75 Å². The van der Waals surface area contributed by atoms with E-state index in [1.807, 2.05) is 0 Å². The minimum Gasteiger partial charge on any atom is -0.482 e. The molecule has 0 aliphatic heterocycles. The van der Waals surface area contributed by atoms with Crippen molar-refractivity contribution in [2.45, 2.75) is 32.8 Å². The third kappa shape index (κ3) is 5.61. The maximum absolute atomic E-state index is 11.9. The Bertz CT molecular complexity index is 505. The van der Waals surface area contributed by atoms with E-state index >= 15 is 0 Å². The third-order valence-corrected chi connectivity index (χ3v) is 2.91. The zero-order valence-corrected chi connectivity index (χ0v) is 13.2. The molecule has 0 unspecified atom stereocenters. The minimum absolute atomic E-state index is 0.00759. The van der Waals surface area contributed by atoms with Gasteiger partial charge in [-0.15, -0.1) is 0 Å². The fourth-order valence-electron chi connectivity index (χ4n) is 1.51. The number of carbonyl (C=O) groups is 2. The van der Waals surface area contributed by atoms with Crippen molar-refractivity contribution in [3.63, 3.8) is 0 Å². The van der Waals surface area contributed by atoms with E-state index in [2.05, 4.69) is 15.9 Å². The summed E-state index contributed by atoms with van der Waals surface area (Å²) in [6, 6.07) is 5.08. The van der Waals surface area contributed by atoms with Gasteiger partial charge in [0.15, 0.2) is 6.61 Å². The Morgan fingerprint density at radius 3 is 2.50 bits per heavy atom. The number of hydrogen-bond acceptors (Lipinski definition) is 4. The van der Waals surface area contributed by atoms with E-state index in [1.165, 1.54) is 0 Å². The molecule has 1 aromatic carbocycles. The van der Waals surface area contributed by atoms with Gasteiger partial charge in [-0.3, -0.25) is 4.79 Å². The molecule has 1 rings (SSSR count). The lowest BCUT2D eigenvalue weighted by molar-refractivity contribution is -0.153. The zero-order valence-electron chi connectivity index (χ0n) is 11.6. The summed E-state index contributed by atoms with van der Waals surface area (Å²) in [5.41, 5.74) is 0.00320. The van der Waals surface area contributed by atoms with Gasteiger partial charge in [-0.1, -0.05) is 22.0 Å². The second kappa shape index (κ2) is 6.74. The highest BCUT2D eigenvalue weighted by Crippen LogP contribution is 2.28. The van der Waals surface area contributed by atoms with Gasteiger partial charge in [0, 0.05) is 10.0 Å². The molecule has 6 heteroatoms. The number of benzene rings is 1. The van der Waals surface area contributed by atoms with Crippen molar-refractivity contribution in [2.75, 3.05) is 6.61 Å². The molecule has 0 aromatic heterocycles. The van der Waals surface area contributed by atoms with E-state index in [1.54, 1.807) is 39.0 Å². The first-order chi connectivity index (χ1) is 9.19. The number of carbonyl (C=O) groups excluding carboxylic acids is 1. The molecule has 0 saturated heterocycles. The van der Waals surface area contributed by atoms with E-state index in [0.29, 0.717) is 15.8 Å². The number of carboxylic acids is 1. The van der Waals surface area contributed by atoms with E-state index < -0.39 is 24.1 Å². The molecular weight excluding hydrogens is 328 g/mol. The van der Waals surface area contributed by atoms with Gasteiger partial charge < -0.3 is 14.6 Å². The molecule has 0 saturated carbocycles. The van der Waals surface area contributed by atoms with Crippen molar-refractivity contribution in [3.05, 3.63) is 28.2 Å². The van der Waals surface area contributed by atoms with Crippen LogP contribution in [-0.4, -0.2) is 29.3 Å². The monoisotopic (exact) mass is 344 g/mol. The largest absolute Gasteiger partial charge is 0.482 e. The van der Waals surface area contributed by atoms with Gasteiger partial charge in [0.05, 0.1) is 6.42 Å². The summed E-state index contributed by atoms with van der Waals surface area (Å²) in [5.74, 6) is -1.12. The van der Waals surface area contributed by atoms with Crippen LogP contribution in [0.5, 0.6) is 5.75 Å². The molecule has 0 fully saturated rings. The maximum Gasteiger partial charge on any atom is 0.341 e. The summed E-state index contributed by atoms with van der Waals surface area (Å²) in [7, 11) is 0. The predicted octanol–water partition coefficient (Wildman–Crippen LogP) is 2.80. The van der Waals surface area contributed by atoms with Gasteiger partial charge >= 0.3 is 11.9 Å². The fourth-order valence-corrected chi connectivity index (χ4v) is 2.00. The van der Waals surface area contributed by atoms with Gasteiger partial charge in [0.2, 0.25) is 0 Å². The standard InChI is InChI=1S/C14H17BrO5/c1-14(2,3)20-13(18)7-9-10(15)5-4-6-11(9)19-8-12(16)17/h4-6H,7-8H2,1-3H3,(H,16,17). The zero-order chi connectivity index (χ0) is 15.3. The summed E-state index contributed by atoms with van der Waals surface area (Å²) in [4.78, 5) is 22.4. The normalized spacial score (nSPS) is 11.0. The van der Waals surface area contributed by atoms with Gasteiger partial charge in [0.1, 0.15) is 11.4 Å². The van der Waals surface area contributed by atoms with Crippen LogP contribution in [0.25, 0.3) is 0 Å². The van der Waals surface area contributed by atoms with Crippen molar-refractivity contribution < 1.29 is 24.2 Å². The average Bonchev–Trinajstić information content (AvgIpc) is 2.27. The maximum atomic E-state index is 11.9. The van der Waals surface area contributed by atoms with Crippen LogP contribution in [0.2, 0.25) is 0 Å². The molecule has 0 spiro atoms. The molecule has 0 radical (unpaired) electrons. The Morgan fingerprint density at radius 2 is 1.95 bits per heavy atom. The second-order valence-corrected chi connectivity index (χ2v) is 6.02. The molecule has 0 atom stereocenters. The molecule has 110 valence electrons. The van der Waals surface area contributed by atoms with Gasteiger partial charge in [-0.2, -0.15) is 0 Å². The van der Waals surface area contributed by atoms with Gasteiger partial charge in [0.25, 0.3) is 0 Å². The summed E-state index contributed by atoms with van der Waals surface area (Å²) < 4.78 is 11.1. The van der Waals surface area contributed by atoms with E-state index in [4.69, 9.17) is 14.6 Å². The van der Waals surface area contributed by atoms with Crippen LogP contribution >= 0.6 is 15.9 Å². The van der Waals surface area contributed by atoms with Crippen molar-refractivity contribution in [1.29, 1.82) is 0 Å². The van der Waals surface area contributed by atoms with Crippen LogP contribution < -0.4 is 4.74 Å². The summed E-state index contributed by atoms with van der Waals surface area (Å²) in [5, 5.41) is 8.64. The molecule has 1 aromatic rings. The number of aliphatic carboxylic acids is 1. The number of esters is 1. The summed E-state index contributed by atoms with van der Waals surface area (Å²) >= 11 is 3.33. The van der Waals surface area contributed by atoms with Gasteiger partial charge in [-0.25, -0.2) is 4.79 Å². The molecule has 0 aliphatic carbocycles. The Morgan fingerprint density at radius 1 is 1.30 bits per heavy atom. The number of ether oxygens (including phenoxy) is 2. The van der Waals surface area contributed by atoms with Crippen molar-refractivity contribution in [1.82, 2.24) is 0 Å². The fraction of sp³-hybridized carbons (Fsp3) is 0.429. The molecule has 0 amide bonds. The lowest BCUT2D eigenvalue weighted by Crippen LogP contribution is -2.25. The lowest BCUT2D eigenvalue weighted by Gasteiger charge is -2.20. The predicted molar refractivity (Wildman–Crippen MR) is 76.8 cm³/mol. The highest BCUT2D eigenvalue weighted by molar-refractivity contribution is 9.10. The number of rotatable bonds is 5. The quantitative estimate of drug-likeness (QED) is 0.831. The number of hydrogen-bond donors (Lipinski definition) is 1. The highest BCUT2D eigenvalue weighted by atomic mass is 79.9. The molecule has 0 aliphatic rings. The second-order valence-electron chi connectivity index (χ2n) is 5.16. The Hall–Kier alpha value is -1.56. The first-order valence-electron chi connectivity index (χ1n) is 6.03. The minimum atomic E-state index is -1.08. The summed E-state index contributed by atoms with van der Waals surface area (Å²) in [6.45, 7) is 4.89. The van der Waals surface area contributed by atoms with Crippen LogP contribution in [0, 0.1) is 0 Å². The molecule has 20 heavy (non-hydrogen) atoms. The smallest absolute Gasteiger partial charge is 0.341 e. The van der Waals surface area contributed by atoms with Crippen LogP contribution in [-0.2, 0) is 20.7 Å². The molecule has 5 nitrogen and oxygen atoms in total. The molecule has 0 bridgehead atoms. The average molecular weight is 345 g/mol. The third-order valence-electron chi connectivity index (χ3n) is 2.17. The van der Waals surface area contributed by atoms with Crippen molar-refractivity contribution >= 4 is 27.9 Å². The van der Waals surface area contributed by atoms with Crippen LogP contribution in [0.3, 0.4) is 0 Å². The van der Waals surface area contributed by atoms with E-state index in [-0.39, 0.29) is 6.42 Å². The number of halogens is 1. The molecule has 1 N–H and O–H groups in total. The van der Waals surface area contributed by atoms with E-state index in [9.17, 15) is 9.59 Å². The van der Waals surface area contributed by atoms with Gasteiger partial charge in [-0.05, 0) is 32.9 Å². The van der Waals surface area contributed by atoms with Crippen LogP contribution in [0.4, 0.5) is 0 Å². The summed E-state index contributed by atoms with van der Waals surface area (Å²) in [6.07, 6.45) is 0.00759. The lowest BCUT2D eigenvalue weighted by atomic mass is 10.1. The van der Waals surface area contributed by atoms with Crippen molar-refractivity contribution in [2.24, 2.45) is 0 Å². The van der Waals surface area contributed by atoms with Crippen LogP contribution in [0.1, 0.15) is 26.3 Å². The SMILES string of the molecule is CC(C)(C)OC(=O)Cc1c(Br)cccc1OCC(=O)O. The topological polar surface area (TPSA) is 72.8 Å². The molecule has 0 heterocycles.